The summed E-state index contributed by atoms with van der Waals surface area (Å²) in [6.07, 6.45) is 0. The van der Waals surface area contributed by atoms with Gasteiger partial charge in [-0.3, -0.25) is 0 Å². The van der Waals surface area contributed by atoms with E-state index < -0.39 is 40.0 Å². The summed E-state index contributed by atoms with van der Waals surface area (Å²) in [5.41, 5.74) is 3.83. The first-order chi connectivity index (χ1) is 6.91. The van der Waals surface area contributed by atoms with Crippen LogP contribution in [0, 0.1) is 17.5 Å². The van der Waals surface area contributed by atoms with E-state index in [9.17, 15) is 18.0 Å². The maximum Gasteiger partial charge on any atom is 0.340 e. The quantitative estimate of drug-likeness (QED) is 0.343. The van der Waals surface area contributed by atoms with Crippen LogP contribution in [-0.2, 0) is 4.74 Å². The molecule has 2 N–H and O–H groups in total. The van der Waals surface area contributed by atoms with Crippen molar-refractivity contribution < 1.29 is 22.7 Å². The highest BCUT2D eigenvalue weighted by Gasteiger charge is 2.25. The summed E-state index contributed by atoms with van der Waals surface area (Å²) in [6, 6.07) is 0. The highest BCUT2D eigenvalue weighted by molar-refractivity contribution is 7.27. The number of nitrogen functional groups attached to an aromatic ring is 1. The van der Waals surface area contributed by atoms with Crippen LogP contribution in [0.4, 0.5) is 18.9 Å². The lowest BCUT2D eigenvalue weighted by atomic mass is 10.1. The average Bonchev–Trinajstić information content (AvgIpc) is 2.23. The van der Waals surface area contributed by atoms with Gasteiger partial charge in [0.1, 0.15) is 0 Å². The average molecular weight is 237 g/mol. The Kier molecular flexibility index (Phi) is 3.19. The Hall–Kier alpha value is -1.29. The van der Waals surface area contributed by atoms with Crippen molar-refractivity contribution in [2.45, 2.75) is 0 Å². The second-order valence-electron chi connectivity index (χ2n) is 2.64. The van der Waals surface area contributed by atoms with Gasteiger partial charge in [0, 0.05) is 5.30 Å². The molecule has 1 aromatic rings. The molecule has 82 valence electrons. The number of benzene rings is 1. The molecule has 0 fully saturated rings. The summed E-state index contributed by atoms with van der Waals surface area (Å²) in [4.78, 5) is 11.1. The van der Waals surface area contributed by atoms with Gasteiger partial charge in [-0.1, -0.05) is 0 Å². The molecule has 15 heavy (non-hydrogen) atoms. The first kappa shape index (κ1) is 11.8. The zero-order valence-electron chi connectivity index (χ0n) is 7.61. The molecule has 1 rings (SSSR count). The van der Waals surface area contributed by atoms with Crippen molar-refractivity contribution in [3.63, 3.8) is 0 Å². The van der Waals surface area contributed by atoms with Crippen LogP contribution in [0.2, 0.25) is 0 Å². The third-order valence-electron chi connectivity index (χ3n) is 1.79. The fourth-order valence-corrected chi connectivity index (χ4v) is 1.42. The first-order valence-corrected chi connectivity index (χ1v) is 4.29. The number of nitrogens with two attached hydrogens (primary N) is 1. The van der Waals surface area contributed by atoms with Gasteiger partial charge in [-0.2, -0.15) is 0 Å². The van der Waals surface area contributed by atoms with E-state index in [0.29, 0.717) is 0 Å². The second kappa shape index (κ2) is 4.06. The maximum atomic E-state index is 13.0. The summed E-state index contributed by atoms with van der Waals surface area (Å²) < 4.78 is 43.1. The standard InChI is InChI=1S/C8H7F3NO2P/c1-14-8(13)2-6(12)4(10)3(9)5(11)7(2)15/h12,15H2,1H3. The lowest BCUT2D eigenvalue weighted by Crippen LogP contribution is -2.21. The molecule has 0 aromatic heterocycles. The molecule has 1 unspecified atom stereocenters. The highest BCUT2D eigenvalue weighted by atomic mass is 31.0. The number of carbonyl (C=O) groups excluding carboxylic acids is 1. The maximum absolute atomic E-state index is 13.0. The number of halogens is 3. The van der Waals surface area contributed by atoms with Crippen LogP contribution >= 0.6 is 9.24 Å². The molecule has 0 saturated carbocycles. The summed E-state index contributed by atoms with van der Waals surface area (Å²) >= 11 is 0. The molecular formula is C8H7F3NO2P. The van der Waals surface area contributed by atoms with Gasteiger partial charge in [0.2, 0.25) is 0 Å². The number of carbonyl (C=O) groups is 1. The second-order valence-corrected chi connectivity index (χ2v) is 3.21. The normalized spacial score (nSPS) is 10.2. The third kappa shape index (κ3) is 1.77. The number of ether oxygens (including phenoxy) is 1. The van der Waals surface area contributed by atoms with E-state index in [0.717, 1.165) is 7.11 Å². The lowest BCUT2D eigenvalue weighted by Gasteiger charge is -2.09. The van der Waals surface area contributed by atoms with Crippen molar-refractivity contribution in [1.29, 1.82) is 0 Å². The summed E-state index contributed by atoms with van der Waals surface area (Å²) in [7, 11) is 2.79. The van der Waals surface area contributed by atoms with Crippen LogP contribution in [0.15, 0.2) is 0 Å². The molecule has 1 aromatic carbocycles. The van der Waals surface area contributed by atoms with E-state index in [1.54, 1.807) is 9.24 Å². The number of esters is 1. The minimum atomic E-state index is -1.72. The molecule has 0 saturated heterocycles. The van der Waals surface area contributed by atoms with Gasteiger partial charge < -0.3 is 10.5 Å². The van der Waals surface area contributed by atoms with Crippen molar-refractivity contribution >= 4 is 26.2 Å². The Labute approximate surface area is 85.6 Å². The molecular weight excluding hydrogens is 230 g/mol. The van der Waals surface area contributed by atoms with Crippen molar-refractivity contribution in [2.24, 2.45) is 0 Å². The molecule has 0 spiro atoms. The molecule has 0 aliphatic rings. The van der Waals surface area contributed by atoms with E-state index in [4.69, 9.17) is 5.73 Å². The van der Waals surface area contributed by atoms with Crippen molar-refractivity contribution in [2.75, 3.05) is 12.8 Å². The van der Waals surface area contributed by atoms with Gasteiger partial charge in [-0.05, 0) is 0 Å². The van der Waals surface area contributed by atoms with Crippen molar-refractivity contribution in [3.05, 3.63) is 23.0 Å². The summed E-state index contributed by atoms with van der Waals surface area (Å²) in [5.74, 6) is -5.83. The fraction of sp³-hybridized carbons (Fsp3) is 0.125. The van der Waals surface area contributed by atoms with Gasteiger partial charge in [0.15, 0.2) is 17.5 Å². The SMILES string of the molecule is COC(=O)c1c(N)c(F)c(F)c(F)c1P. The number of methoxy groups -OCH3 is 1. The van der Waals surface area contributed by atoms with Gasteiger partial charge >= 0.3 is 5.97 Å². The summed E-state index contributed by atoms with van der Waals surface area (Å²) in [6.45, 7) is 0. The van der Waals surface area contributed by atoms with Crippen LogP contribution in [0.5, 0.6) is 0 Å². The zero-order chi connectivity index (χ0) is 11.7. The topological polar surface area (TPSA) is 52.3 Å². The molecule has 0 aliphatic heterocycles. The minimum absolute atomic E-state index is 0.460. The van der Waals surface area contributed by atoms with Gasteiger partial charge in [0.25, 0.3) is 0 Å². The summed E-state index contributed by atoms with van der Waals surface area (Å²) in [5, 5.41) is -0.460. The predicted molar refractivity (Wildman–Crippen MR) is 51.4 cm³/mol. The smallest absolute Gasteiger partial charge is 0.340 e. The number of rotatable bonds is 1. The van der Waals surface area contributed by atoms with Crippen LogP contribution in [0.1, 0.15) is 10.4 Å². The molecule has 0 aliphatic carbocycles. The Balaban J connectivity index is 3.60. The van der Waals surface area contributed by atoms with E-state index in [-0.39, 0.29) is 0 Å². The number of hydrogen-bond acceptors (Lipinski definition) is 3. The van der Waals surface area contributed by atoms with Crippen LogP contribution in [0.3, 0.4) is 0 Å². The van der Waals surface area contributed by atoms with E-state index in [1.165, 1.54) is 0 Å². The Morgan fingerprint density at radius 3 is 2.27 bits per heavy atom. The minimum Gasteiger partial charge on any atom is -0.465 e. The number of anilines is 1. The fourth-order valence-electron chi connectivity index (χ4n) is 1.02. The largest absolute Gasteiger partial charge is 0.465 e. The van der Waals surface area contributed by atoms with E-state index in [1.807, 2.05) is 0 Å². The third-order valence-corrected chi connectivity index (χ3v) is 2.33. The molecule has 0 heterocycles. The number of hydrogen-bond donors (Lipinski definition) is 1. The van der Waals surface area contributed by atoms with Crippen molar-refractivity contribution in [3.8, 4) is 0 Å². The molecule has 0 amide bonds. The molecule has 3 nitrogen and oxygen atoms in total. The zero-order valence-corrected chi connectivity index (χ0v) is 8.76. The van der Waals surface area contributed by atoms with Gasteiger partial charge in [-0.15, -0.1) is 9.24 Å². The Morgan fingerprint density at radius 1 is 1.27 bits per heavy atom. The monoisotopic (exact) mass is 237 g/mol. The van der Waals surface area contributed by atoms with Gasteiger partial charge in [0.05, 0.1) is 18.4 Å². The molecule has 0 radical (unpaired) electrons. The van der Waals surface area contributed by atoms with Crippen LogP contribution < -0.4 is 11.0 Å². The van der Waals surface area contributed by atoms with Crippen molar-refractivity contribution in [1.82, 2.24) is 0 Å². The van der Waals surface area contributed by atoms with E-state index in [2.05, 4.69) is 4.74 Å². The molecule has 7 heteroatoms. The van der Waals surface area contributed by atoms with E-state index >= 15 is 0 Å². The lowest BCUT2D eigenvalue weighted by molar-refractivity contribution is 0.0602. The predicted octanol–water partition coefficient (Wildman–Crippen LogP) is 0.973. The highest BCUT2D eigenvalue weighted by Crippen LogP contribution is 2.22. The van der Waals surface area contributed by atoms with Gasteiger partial charge in [-0.25, -0.2) is 18.0 Å². The molecule has 0 bridgehead atoms. The Morgan fingerprint density at radius 2 is 1.80 bits per heavy atom. The molecule has 1 atom stereocenters. The first-order valence-electron chi connectivity index (χ1n) is 3.71. The van der Waals surface area contributed by atoms with Crippen LogP contribution in [0.25, 0.3) is 0 Å². The van der Waals surface area contributed by atoms with Crippen LogP contribution in [-0.4, -0.2) is 13.1 Å². The Bertz CT molecular complexity index is 407.